The highest BCUT2D eigenvalue weighted by molar-refractivity contribution is 8.00. The Morgan fingerprint density at radius 2 is 1.81 bits per heavy atom. The van der Waals surface area contributed by atoms with Crippen molar-refractivity contribution in [2.45, 2.75) is 30.9 Å². The molecule has 2 aromatic rings. The quantitative estimate of drug-likeness (QED) is 0.486. The summed E-state index contributed by atoms with van der Waals surface area (Å²) in [5, 5.41) is 16.5. The number of aryl methyl sites for hydroxylation is 1. The van der Waals surface area contributed by atoms with Gasteiger partial charge in [-0.15, -0.1) is 16.9 Å². The Kier molecular flexibility index (Phi) is 7.40. The molecule has 2 rings (SSSR count). The monoisotopic (exact) mass is 373 g/mol. The molecule has 138 valence electrons. The molecule has 2 amide bonds. The van der Waals surface area contributed by atoms with E-state index >= 15 is 0 Å². The van der Waals surface area contributed by atoms with Gasteiger partial charge in [0.1, 0.15) is 5.82 Å². The molecule has 0 saturated heterocycles. The van der Waals surface area contributed by atoms with Gasteiger partial charge in [-0.05, 0) is 50.2 Å². The van der Waals surface area contributed by atoms with Gasteiger partial charge in [-0.3, -0.25) is 9.59 Å². The first-order valence-corrected chi connectivity index (χ1v) is 9.18. The van der Waals surface area contributed by atoms with Crippen molar-refractivity contribution in [3.8, 4) is 0 Å². The molecule has 7 nitrogen and oxygen atoms in total. The van der Waals surface area contributed by atoms with Gasteiger partial charge in [-0.25, -0.2) is 0 Å². The highest BCUT2D eigenvalue weighted by Gasteiger charge is 2.13. The van der Waals surface area contributed by atoms with Gasteiger partial charge in [0.15, 0.2) is 0 Å². The summed E-state index contributed by atoms with van der Waals surface area (Å²) in [5.41, 5.74) is 1.60. The number of rotatable bonds is 8. The molecule has 0 aliphatic carbocycles. The topological polar surface area (TPSA) is 96.0 Å². The highest BCUT2D eigenvalue weighted by Crippen LogP contribution is 2.24. The number of hydrogen-bond donors (Lipinski definition) is 3. The van der Waals surface area contributed by atoms with E-state index in [0.29, 0.717) is 18.9 Å². The average Bonchev–Trinajstić information content (AvgIpc) is 2.61. The van der Waals surface area contributed by atoms with Crippen molar-refractivity contribution >= 4 is 35.1 Å². The van der Waals surface area contributed by atoms with E-state index in [-0.39, 0.29) is 17.1 Å². The number of amides is 2. The SMILES string of the molecule is CC(=O)Nc1ccc(S[C@H](C)C(=O)NCCNc2ccc(C)nn2)cc1. The molecular formula is C18H23N5O2S. The standard InChI is InChI=1S/C18H23N5O2S/c1-12-4-9-17(23-22-12)19-10-11-20-18(25)13(2)26-16-7-5-15(6-8-16)21-14(3)24/h4-9,13H,10-11H2,1-3H3,(H,19,23)(H,20,25)(H,21,24)/t13-/m1/s1. The zero-order valence-electron chi connectivity index (χ0n) is 15.1. The molecule has 1 aromatic carbocycles. The maximum Gasteiger partial charge on any atom is 0.233 e. The van der Waals surface area contributed by atoms with Crippen LogP contribution in [0.5, 0.6) is 0 Å². The summed E-state index contributed by atoms with van der Waals surface area (Å²) in [5.74, 6) is 0.549. The number of benzene rings is 1. The molecule has 26 heavy (non-hydrogen) atoms. The maximum absolute atomic E-state index is 12.2. The van der Waals surface area contributed by atoms with Gasteiger partial charge in [-0.2, -0.15) is 5.10 Å². The van der Waals surface area contributed by atoms with E-state index in [0.717, 1.165) is 16.3 Å². The van der Waals surface area contributed by atoms with Crippen molar-refractivity contribution in [1.82, 2.24) is 15.5 Å². The lowest BCUT2D eigenvalue weighted by atomic mass is 10.3. The smallest absolute Gasteiger partial charge is 0.233 e. The summed E-state index contributed by atoms with van der Waals surface area (Å²) >= 11 is 1.47. The Hall–Kier alpha value is -2.61. The Labute approximate surface area is 157 Å². The number of nitrogens with zero attached hydrogens (tertiary/aromatic N) is 2. The first-order chi connectivity index (χ1) is 12.4. The number of thioether (sulfide) groups is 1. The first-order valence-electron chi connectivity index (χ1n) is 8.30. The van der Waals surface area contributed by atoms with E-state index in [1.165, 1.54) is 18.7 Å². The Morgan fingerprint density at radius 3 is 2.42 bits per heavy atom. The molecule has 0 unspecified atom stereocenters. The van der Waals surface area contributed by atoms with Crippen LogP contribution in [0.1, 0.15) is 19.5 Å². The number of aromatic nitrogens is 2. The lowest BCUT2D eigenvalue weighted by Gasteiger charge is -2.13. The number of carbonyl (C=O) groups excluding carboxylic acids is 2. The van der Waals surface area contributed by atoms with Gasteiger partial charge >= 0.3 is 0 Å². The predicted octanol–water partition coefficient (Wildman–Crippen LogP) is 2.45. The van der Waals surface area contributed by atoms with E-state index in [4.69, 9.17) is 0 Å². The summed E-state index contributed by atoms with van der Waals surface area (Å²) < 4.78 is 0. The van der Waals surface area contributed by atoms with Gasteiger partial charge in [0, 0.05) is 30.6 Å². The average molecular weight is 373 g/mol. The third kappa shape index (κ3) is 6.72. The van der Waals surface area contributed by atoms with Gasteiger partial charge in [0.2, 0.25) is 11.8 Å². The van der Waals surface area contributed by atoms with Crippen LogP contribution in [-0.2, 0) is 9.59 Å². The van der Waals surface area contributed by atoms with Crippen LogP contribution in [0.15, 0.2) is 41.3 Å². The van der Waals surface area contributed by atoms with Crippen molar-refractivity contribution in [3.05, 3.63) is 42.1 Å². The second-order valence-electron chi connectivity index (χ2n) is 5.74. The van der Waals surface area contributed by atoms with E-state index in [9.17, 15) is 9.59 Å². The molecule has 3 N–H and O–H groups in total. The lowest BCUT2D eigenvalue weighted by molar-refractivity contribution is -0.120. The number of hydrogen-bond acceptors (Lipinski definition) is 6. The second-order valence-corrected chi connectivity index (χ2v) is 7.16. The fraction of sp³-hybridized carbons (Fsp3) is 0.333. The van der Waals surface area contributed by atoms with Crippen LogP contribution in [0.25, 0.3) is 0 Å². The van der Waals surface area contributed by atoms with Crippen LogP contribution in [0.2, 0.25) is 0 Å². The molecule has 1 heterocycles. The lowest BCUT2D eigenvalue weighted by Crippen LogP contribution is -2.34. The van der Waals surface area contributed by atoms with Crippen molar-refractivity contribution in [3.63, 3.8) is 0 Å². The third-order valence-electron chi connectivity index (χ3n) is 3.38. The van der Waals surface area contributed by atoms with Crippen LogP contribution >= 0.6 is 11.8 Å². The van der Waals surface area contributed by atoms with Crippen molar-refractivity contribution in [1.29, 1.82) is 0 Å². The fourth-order valence-corrected chi connectivity index (χ4v) is 2.98. The van der Waals surface area contributed by atoms with Gasteiger partial charge in [0.25, 0.3) is 0 Å². The van der Waals surface area contributed by atoms with Crippen LogP contribution in [0.3, 0.4) is 0 Å². The summed E-state index contributed by atoms with van der Waals surface area (Å²) in [6.07, 6.45) is 0. The Balaban J connectivity index is 1.71. The van der Waals surface area contributed by atoms with Gasteiger partial charge in [0.05, 0.1) is 10.9 Å². The van der Waals surface area contributed by atoms with Crippen LogP contribution in [-0.4, -0.2) is 40.4 Å². The molecule has 0 bridgehead atoms. The van der Waals surface area contributed by atoms with Crippen molar-refractivity contribution in [2.24, 2.45) is 0 Å². The Morgan fingerprint density at radius 1 is 1.08 bits per heavy atom. The van der Waals surface area contributed by atoms with Gasteiger partial charge in [-0.1, -0.05) is 0 Å². The molecule has 0 saturated carbocycles. The van der Waals surface area contributed by atoms with Crippen molar-refractivity contribution < 1.29 is 9.59 Å². The molecule has 0 aliphatic heterocycles. The first kappa shape index (κ1) is 19.7. The second kappa shape index (κ2) is 9.76. The van der Waals surface area contributed by atoms with E-state index in [1.807, 2.05) is 50.2 Å². The zero-order valence-corrected chi connectivity index (χ0v) is 15.9. The van der Waals surface area contributed by atoms with E-state index in [1.54, 1.807) is 0 Å². The largest absolute Gasteiger partial charge is 0.367 e. The van der Waals surface area contributed by atoms with Crippen LogP contribution < -0.4 is 16.0 Å². The summed E-state index contributed by atoms with van der Waals surface area (Å²) in [7, 11) is 0. The number of anilines is 2. The summed E-state index contributed by atoms with van der Waals surface area (Å²) in [6.45, 7) is 6.28. The molecule has 0 spiro atoms. The Bertz CT molecular complexity index is 734. The highest BCUT2D eigenvalue weighted by atomic mass is 32.2. The number of nitrogens with one attached hydrogen (secondary N) is 3. The van der Waals surface area contributed by atoms with Crippen molar-refractivity contribution in [2.75, 3.05) is 23.7 Å². The number of carbonyl (C=O) groups is 2. The normalized spacial score (nSPS) is 11.5. The molecule has 8 heteroatoms. The van der Waals surface area contributed by atoms with E-state index < -0.39 is 0 Å². The van der Waals surface area contributed by atoms with Crippen LogP contribution in [0, 0.1) is 6.92 Å². The minimum atomic E-state index is -0.221. The molecule has 0 aliphatic rings. The minimum absolute atomic E-state index is 0.0299. The summed E-state index contributed by atoms with van der Waals surface area (Å²) in [4.78, 5) is 24.2. The molecule has 1 atom stereocenters. The molecule has 0 fully saturated rings. The predicted molar refractivity (Wildman–Crippen MR) is 104 cm³/mol. The zero-order chi connectivity index (χ0) is 18.9. The minimum Gasteiger partial charge on any atom is -0.367 e. The molecule has 1 aromatic heterocycles. The van der Waals surface area contributed by atoms with Gasteiger partial charge < -0.3 is 16.0 Å². The fourth-order valence-electron chi connectivity index (χ4n) is 2.09. The van der Waals surface area contributed by atoms with Crippen LogP contribution in [0.4, 0.5) is 11.5 Å². The maximum atomic E-state index is 12.2. The summed E-state index contributed by atoms with van der Waals surface area (Å²) in [6, 6.07) is 11.1. The molecule has 0 radical (unpaired) electrons. The van der Waals surface area contributed by atoms with E-state index in [2.05, 4.69) is 26.1 Å². The molecular weight excluding hydrogens is 350 g/mol. The third-order valence-corrected chi connectivity index (χ3v) is 4.50.